The van der Waals surface area contributed by atoms with Crippen LogP contribution in [0.2, 0.25) is 5.15 Å². The van der Waals surface area contributed by atoms with Crippen molar-refractivity contribution in [2.45, 2.75) is 45.8 Å². The molecule has 1 N–H and O–H groups in total. The minimum absolute atomic E-state index is 0.308. The minimum Gasteiger partial charge on any atom is -0.378 e. The van der Waals surface area contributed by atoms with Crippen LogP contribution >= 0.6 is 11.6 Å². The SMILES string of the molecule is Cc1c(Cl)nnc(NC2CCOC(C)C2)c1C. The molecule has 0 aromatic carbocycles. The molecule has 4 nitrogen and oxygen atoms in total. The van der Waals surface area contributed by atoms with Crippen molar-refractivity contribution < 1.29 is 4.74 Å². The van der Waals surface area contributed by atoms with Gasteiger partial charge in [-0.15, -0.1) is 10.2 Å². The highest BCUT2D eigenvalue weighted by molar-refractivity contribution is 6.30. The molecule has 94 valence electrons. The van der Waals surface area contributed by atoms with Crippen molar-refractivity contribution in [1.82, 2.24) is 10.2 Å². The van der Waals surface area contributed by atoms with E-state index in [1.165, 1.54) is 0 Å². The largest absolute Gasteiger partial charge is 0.378 e. The van der Waals surface area contributed by atoms with Crippen LogP contribution < -0.4 is 5.32 Å². The van der Waals surface area contributed by atoms with Crippen LogP contribution in [0.15, 0.2) is 0 Å². The third kappa shape index (κ3) is 2.87. The molecule has 0 spiro atoms. The fourth-order valence-electron chi connectivity index (χ4n) is 2.04. The smallest absolute Gasteiger partial charge is 0.155 e. The molecule has 1 aromatic rings. The first kappa shape index (κ1) is 12.6. The molecule has 2 unspecified atom stereocenters. The molecule has 1 aromatic heterocycles. The van der Waals surface area contributed by atoms with Gasteiger partial charge in [0.05, 0.1) is 6.10 Å². The van der Waals surface area contributed by atoms with Crippen LogP contribution in [0.1, 0.15) is 30.9 Å². The van der Waals surface area contributed by atoms with Crippen LogP contribution in [0.25, 0.3) is 0 Å². The second-order valence-corrected chi connectivity index (χ2v) is 4.99. The van der Waals surface area contributed by atoms with Gasteiger partial charge in [0, 0.05) is 12.6 Å². The second kappa shape index (κ2) is 5.19. The van der Waals surface area contributed by atoms with Crippen molar-refractivity contribution in [3.63, 3.8) is 0 Å². The summed E-state index contributed by atoms with van der Waals surface area (Å²) in [6.45, 7) is 6.88. The van der Waals surface area contributed by atoms with Gasteiger partial charge in [-0.3, -0.25) is 0 Å². The van der Waals surface area contributed by atoms with Gasteiger partial charge in [0.1, 0.15) is 0 Å². The zero-order valence-corrected chi connectivity index (χ0v) is 11.2. The number of hydrogen-bond donors (Lipinski definition) is 1. The van der Waals surface area contributed by atoms with E-state index in [1.807, 2.05) is 13.8 Å². The van der Waals surface area contributed by atoms with Gasteiger partial charge in [0.25, 0.3) is 0 Å². The molecule has 0 bridgehead atoms. The predicted octanol–water partition coefficient (Wildman–Crippen LogP) is 2.73. The molecule has 17 heavy (non-hydrogen) atoms. The van der Waals surface area contributed by atoms with Crippen LogP contribution in [0.3, 0.4) is 0 Å². The number of halogens is 1. The number of hydrogen-bond acceptors (Lipinski definition) is 4. The molecule has 0 aliphatic carbocycles. The maximum Gasteiger partial charge on any atom is 0.155 e. The fourth-order valence-corrected chi connectivity index (χ4v) is 2.22. The second-order valence-electron chi connectivity index (χ2n) is 4.64. The highest BCUT2D eigenvalue weighted by Crippen LogP contribution is 2.23. The maximum absolute atomic E-state index is 5.93. The standard InChI is InChI=1S/C12H18ClN3O/c1-7-6-10(4-5-17-7)14-12-9(3)8(2)11(13)15-16-12/h7,10H,4-6H2,1-3H3,(H,14,16). The molecular weight excluding hydrogens is 238 g/mol. The van der Waals surface area contributed by atoms with E-state index in [0.29, 0.717) is 17.3 Å². The summed E-state index contributed by atoms with van der Waals surface area (Å²) in [6.07, 6.45) is 2.32. The zero-order valence-electron chi connectivity index (χ0n) is 10.5. The molecule has 1 aliphatic heterocycles. The molecule has 2 atom stereocenters. The van der Waals surface area contributed by atoms with Crippen LogP contribution in [0.4, 0.5) is 5.82 Å². The fraction of sp³-hybridized carbons (Fsp3) is 0.667. The Morgan fingerprint density at radius 3 is 2.76 bits per heavy atom. The lowest BCUT2D eigenvalue weighted by atomic mass is 10.0. The Morgan fingerprint density at radius 2 is 2.06 bits per heavy atom. The molecule has 2 rings (SSSR count). The van der Waals surface area contributed by atoms with Crippen LogP contribution in [-0.4, -0.2) is 29.0 Å². The van der Waals surface area contributed by atoms with Crippen LogP contribution in [0.5, 0.6) is 0 Å². The summed E-state index contributed by atoms with van der Waals surface area (Å²) in [5.41, 5.74) is 2.06. The third-order valence-corrected chi connectivity index (χ3v) is 3.65. The Balaban J connectivity index is 2.10. The number of nitrogens with zero attached hydrogens (tertiary/aromatic N) is 2. The molecule has 1 aliphatic rings. The normalized spacial score (nSPS) is 24.7. The van der Waals surface area contributed by atoms with Gasteiger partial charge < -0.3 is 10.1 Å². The first-order chi connectivity index (χ1) is 8.08. The number of aromatic nitrogens is 2. The Labute approximate surface area is 107 Å². The summed E-state index contributed by atoms with van der Waals surface area (Å²) in [6, 6.07) is 0.410. The van der Waals surface area contributed by atoms with E-state index in [-0.39, 0.29) is 0 Å². The van der Waals surface area contributed by atoms with E-state index in [4.69, 9.17) is 16.3 Å². The molecule has 0 radical (unpaired) electrons. The van der Waals surface area contributed by atoms with Gasteiger partial charge in [-0.2, -0.15) is 0 Å². The summed E-state index contributed by atoms with van der Waals surface area (Å²) in [5, 5.41) is 12.0. The Hall–Kier alpha value is -0.870. The summed E-state index contributed by atoms with van der Waals surface area (Å²) in [5.74, 6) is 0.839. The summed E-state index contributed by atoms with van der Waals surface area (Å²) in [4.78, 5) is 0. The lowest BCUT2D eigenvalue weighted by molar-refractivity contribution is 0.0231. The number of nitrogens with one attached hydrogen (secondary N) is 1. The minimum atomic E-state index is 0.308. The van der Waals surface area contributed by atoms with Gasteiger partial charge in [-0.05, 0) is 44.7 Å². The predicted molar refractivity (Wildman–Crippen MR) is 68.6 cm³/mol. The molecule has 2 heterocycles. The molecule has 0 amide bonds. The topological polar surface area (TPSA) is 47.0 Å². The average molecular weight is 256 g/mol. The Kier molecular flexibility index (Phi) is 3.84. The van der Waals surface area contributed by atoms with E-state index in [0.717, 1.165) is 36.4 Å². The molecule has 1 saturated heterocycles. The van der Waals surface area contributed by atoms with Gasteiger partial charge >= 0.3 is 0 Å². The lowest BCUT2D eigenvalue weighted by Crippen LogP contribution is -2.33. The van der Waals surface area contributed by atoms with E-state index in [1.54, 1.807) is 0 Å². The molecule has 5 heteroatoms. The van der Waals surface area contributed by atoms with E-state index >= 15 is 0 Å². The highest BCUT2D eigenvalue weighted by atomic mass is 35.5. The summed E-state index contributed by atoms with van der Waals surface area (Å²) >= 11 is 5.93. The van der Waals surface area contributed by atoms with Gasteiger partial charge in [-0.1, -0.05) is 11.6 Å². The summed E-state index contributed by atoms with van der Waals surface area (Å²) < 4.78 is 5.52. The van der Waals surface area contributed by atoms with Crippen molar-refractivity contribution in [3.05, 3.63) is 16.3 Å². The quantitative estimate of drug-likeness (QED) is 0.883. The van der Waals surface area contributed by atoms with Crippen LogP contribution in [-0.2, 0) is 4.74 Å². The lowest BCUT2D eigenvalue weighted by Gasteiger charge is -2.28. The Morgan fingerprint density at radius 1 is 1.29 bits per heavy atom. The van der Waals surface area contributed by atoms with E-state index < -0.39 is 0 Å². The summed E-state index contributed by atoms with van der Waals surface area (Å²) in [7, 11) is 0. The highest BCUT2D eigenvalue weighted by Gasteiger charge is 2.20. The molecular formula is C12H18ClN3O. The van der Waals surface area contributed by atoms with Gasteiger partial charge in [0.15, 0.2) is 11.0 Å². The van der Waals surface area contributed by atoms with Crippen molar-refractivity contribution in [2.75, 3.05) is 11.9 Å². The zero-order chi connectivity index (χ0) is 12.4. The van der Waals surface area contributed by atoms with Gasteiger partial charge in [-0.25, -0.2) is 0 Å². The monoisotopic (exact) mass is 255 g/mol. The number of ether oxygens (including phenoxy) is 1. The molecule has 1 fully saturated rings. The van der Waals surface area contributed by atoms with Crippen LogP contribution in [0, 0.1) is 13.8 Å². The maximum atomic E-state index is 5.93. The Bertz CT molecular complexity index is 411. The number of anilines is 1. The number of rotatable bonds is 2. The molecule has 0 saturated carbocycles. The van der Waals surface area contributed by atoms with Crippen molar-refractivity contribution in [3.8, 4) is 0 Å². The first-order valence-corrected chi connectivity index (χ1v) is 6.33. The van der Waals surface area contributed by atoms with E-state index in [9.17, 15) is 0 Å². The third-order valence-electron chi connectivity index (χ3n) is 3.29. The van der Waals surface area contributed by atoms with Crippen molar-refractivity contribution in [2.24, 2.45) is 0 Å². The van der Waals surface area contributed by atoms with E-state index in [2.05, 4.69) is 22.4 Å². The van der Waals surface area contributed by atoms with Gasteiger partial charge in [0.2, 0.25) is 0 Å². The average Bonchev–Trinajstić information content (AvgIpc) is 2.30. The van der Waals surface area contributed by atoms with Crippen molar-refractivity contribution in [1.29, 1.82) is 0 Å². The van der Waals surface area contributed by atoms with Crippen molar-refractivity contribution >= 4 is 17.4 Å². The first-order valence-electron chi connectivity index (χ1n) is 5.95.